The molecule has 1 aliphatic heterocycles. The molecule has 0 aliphatic carbocycles. The van der Waals surface area contributed by atoms with Gasteiger partial charge in [-0.15, -0.1) is 0 Å². The number of hydrogen-bond acceptors (Lipinski definition) is 4. The zero-order valence-electron chi connectivity index (χ0n) is 15.4. The molecule has 0 amide bonds. The average Bonchev–Trinajstić information content (AvgIpc) is 3.05. The highest BCUT2D eigenvalue weighted by Crippen LogP contribution is 2.42. The van der Waals surface area contributed by atoms with Crippen LogP contribution in [0.15, 0.2) is 79.4 Å². The maximum absolute atomic E-state index is 12.7. The number of ether oxygens (including phenoxy) is 2. The van der Waals surface area contributed by atoms with Crippen molar-refractivity contribution in [1.82, 2.24) is 0 Å². The van der Waals surface area contributed by atoms with Gasteiger partial charge in [-0.05, 0) is 53.6 Å². The second kappa shape index (κ2) is 8.78. The lowest BCUT2D eigenvalue weighted by Gasteiger charge is -2.13. The Labute approximate surface area is 190 Å². The van der Waals surface area contributed by atoms with Crippen molar-refractivity contribution in [1.29, 1.82) is 0 Å². The Morgan fingerprint density at radius 2 is 1.76 bits per heavy atom. The van der Waals surface area contributed by atoms with E-state index in [1.807, 2.05) is 66.7 Å². The van der Waals surface area contributed by atoms with E-state index in [1.165, 1.54) is 11.8 Å². The lowest BCUT2D eigenvalue weighted by atomic mass is 10.1. The summed E-state index contributed by atoms with van der Waals surface area (Å²) in [5.41, 5.74) is 2.67. The number of carbonyl (C=O) groups excluding carboxylic acids is 1. The summed E-state index contributed by atoms with van der Waals surface area (Å²) in [4.78, 5) is 14.3. The van der Waals surface area contributed by atoms with Crippen LogP contribution in [0.3, 0.4) is 0 Å². The fourth-order valence-corrected chi connectivity index (χ4v) is 4.70. The fraction of sp³-hybridized carbons (Fsp3) is 0.0870. The van der Waals surface area contributed by atoms with Crippen LogP contribution < -0.4 is 9.47 Å². The topological polar surface area (TPSA) is 35.5 Å². The first-order valence-corrected chi connectivity index (χ1v) is 11.2. The number of methoxy groups -OCH3 is 1. The molecular weight excluding hydrogens is 516 g/mol. The van der Waals surface area contributed by atoms with Crippen molar-refractivity contribution in [3.8, 4) is 11.5 Å². The highest BCUT2D eigenvalue weighted by atomic mass is 79.9. The zero-order valence-corrected chi connectivity index (χ0v) is 19.4. The summed E-state index contributed by atoms with van der Waals surface area (Å²) >= 11 is 8.52. The standard InChI is InChI=1S/C23H16Br2O3S/c1-27-19-10-15(11-22-23(26)17-4-2-3-5-21(17)29-22)18(25)12-20(19)28-13-14-6-8-16(24)9-7-14/h2-12H,13H2,1H3. The van der Waals surface area contributed by atoms with E-state index in [9.17, 15) is 4.79 Å². The summed E-state index contributed by atoms with van der Waals surface area (Å²) in [6.45, 7) is 0.431. The summed E-state index contributed by atoms with van der Waals surface area (Å²) in [6, 6.07) is 19.4. The van der Waals surface area contributed by atoms with Crippen molar-refractivity contribution in [3.05, 3.63) is 91.2 Å². The lowest BCUT2D eigenvalue weighted by Crippen LogP contribution is -1.99. The van der Waals surface area contributed by atoms with Crippen molar-refractivity contribution in [2.45, 2.75) is 11.5 Å². The molecule has 0 aromatic heterocycles. The van der Waals surface area contributed by atoms with Crippen LogP contribution in [0.1, 0.15) is 21.5 Å². The fourth-order valence-electron chi connectivity index (χ4n) is 2.95. The highest BCUT2D eigenvalue weighted by Gasteiger charge is 2.25. The second-order valence-corrected chi connectivity index (χ2v) is 9.23. The van der Waals surface area contributed by atoms with E-state index in [4.69, 9.17) is 9.47 Å². The summed E-state index contributed by atoms with van der Waals surface area (Å²) in [5, 5.41) is 0. The van der Waals surface area contributed by atoms with Gasteiger partial charge in [0.2, 0.25) is 5.78 Å². The molecule has 1 heterocycles. The number of hydrogen-bond donors (Lipinski definition) is 0. The number of allylic oxidation sites excluding steroid dienone is 1. The number of Topliss-reactive ketones (excluding diaryl/α,β-unsaturated/α-hetero) is 1. The van der Waals surface area contributed by atoms with Gasteiger partial charge in [-0.3, -0.25) is 4.79 Å². The van der Waals surface area contributed by atoms with E-state index < -0.39 is 0 Å². The molecule has 0 saturated heterocycles. The van der Waals surface area contributed by atoms with Gasteiger partial charge in [0.1, 0.15) is 6.61 Å². The minimum atomic E-state index is 0.0482. The Morgan fingerprint density at radius 1 is 1.00 bits per heavy atom. The number of ketones is 1. The molecule has 4 rings (SSSR count). The van der Waals surface area contributed by atoms with Crippen molar-refractivity contribution in [3.63, 3.8) is 0 Å². The van der Waals surface area contributed by atoms with E-state index in [1.54, 1.807) is 7.11 Å². The predicted molar refractivity (Wildman–Crippen MR) is 124 cm³/mol. The zero-order chi connectivity index (χ0) is 20.4. The molecule has 0 fully saturated rings. The maximum atomic E-state index is 12.7. The van der Waals surface area contributed by atoms with Crippen molar-refractivity contribution >= 4 is 55.5 Å². The molecule has 0 spiro atoms. The van der Waals surface area contributed by atoms with Crippen molar-refractivity contribution < 1.29 is 14.3 Å². The molecule has 3 aromatic carbocycles. The molecule has 0 N–H and O–H groups in total. The first-order valence-electron chi connectivity index (χ1n) is 8.83. The minimum absolute atomic E-state index is 0.0482. The van der Waals surface area contributed by atoms with Crippen LogP contribution in [-0.2, 0) is 6.61 Å². The number of fused-ring (bicyclic) bond motifs is 1. The van der Waals surface area contributed by atoms with Crippen LogP contribution in [0.2, 0.25) is 0 Å². The minimum Gasteiger partial charge on any atom is -0.493 e. The predicted octanol–water partition coefficient (Wildman–Crippen LogP) is 7.13. The van der Waals surface area contributed by atoms with Gasteiger partial charge in [-0.25, -0.2) is 0 Å². The van der Waals surface area contributed by atoms with E-state index in [2.05, 4.69) is 31.9 Å². The number of halogens is 2. The van der Waals surface area contributed by atoms with Crippen molar-refractivity contribution in [2.24, 2.45) is 0 Å². The highest BCUT2D eigenvalue weighted by molar-refractivity contribution is 9.10. The molecule has 3 aromatic rings. The summed E-state index contributed by atoms with van der Waals surface area (Å²) in [6.07, 6.45) is 1.89. The molecular formula is C23H16Br2O3S. The lowest BCUT2D eigenvalue weighted by molar-refractivity contribution is 0.104. The molecule has 0 unspecified atom stereocenters. The molecule has 1 aliphatic rings. The van der Waals surface area contributed by atoms with E-state index >= 15 is 0 Å². The number of rotatable bonds is 5. The number of benzene rings is 3. The van der Waals surface area contributed by atoms with Gasteiger partial charge in [0, 0.05) is 19.4 Å². The number of carbonyl (C=O) groups is 1. The van der Waals surface area contributed by atoms with Gasteiger partial charge in [0.25, 0.3) is 0 Å². The monoisotopic (exact) mass is 530 g/mol. The Morgan fingerprint density at radius 3 is 2.48 bits per heavy atom. The summed E-state index contributed by atoms with van der Waals surface area (Å²) in [5.74, 6) is 1.30. The van der Waals surface area contributed by atoms with Gasteiger partial charge in [-0.2, -0.15) is 0 Å². The SMILES string of the molecule is COc1cc(C=C2Sc3ccccc3C2=O)c(Br)cc1OCc1ccc(Br)cc1. The summed E-state index contributed by atoms with van der Waals surface area (Å²) in [7, 11) is 1.61. The Bertz CT molecular complexity index is 1110. The van der Waals surface area contributed by atoms with Gasteiger partial charge < -0.3 is 9.47 Å². The van der Waals surface area contributed by atoms with E-state index in [0.29, 0.717) is 23.0 Å². The second-order valence-electron chi connectivity index (χ2n) is 6.38. The molecule has 0 saturated carbocycles. The molecule has 0 atom stereocenters. The third-order valence-corrected chi connectivity index (χ3v) is 6.77. The van der Waals surface area contributed by atoms with Crippen LogP contribution >= 0.6 is 43.6 Å². The third-order valence-electron chi connectivity index (χ3n) is 4.45. The van der Waals surface area contributed by atoms with E-state index in [0.717, 1.165) is 30.5 Å². The molecule has 0 radical (unpaired) electrons. The Balaban J connectivity index is 1.58. The largest absolute Gasteiger partial charge is 0.493 e. The number of thioether (sulfide) groups is 1. The molecule has 29 heavy (non-hydrogen) atoms. The van der Waals surface area contributed by atoms with Crippen LogP contribution in [-0.4, -0.2) is 12.9 Å². The maximum Gasteiger partial charge on any atom is 0.200 e. The molecule has 3 nitrogen and oxygen atoms in total. The van der Waals surface area contributed by atoms with Gasteiger partial charge in [0.05, 0.1) is 12.0 Å². The first kappa shape index (κ1) is 20.3. The van der Waals surface area contributed by atoms with Crippen LogP contribution in [0.5, 0.6) is 11.5 Å². The van der Waals surface area contributed by atoms with Gasteiger partial charge >= 0.3 is 0 Å². The van der Waals surface area contributed by atoms with Crippen LogP contribution in [0.4, 0.5) is 0 Å². The Hall–Kier alpha value is -2.02. The normalized spacial score (nSPS) is 14.2. The smallest absolute Gasteiger partial charge is 0.200 e. The summed E-state index contributed by atoms with van der Waals surface area (Å²) < 4.78 is 13.4. The quantitative estimate of drug-likeness (QED) is 0.328. The van der Waals surface area contributed by atoms with Crippen LogP contribution in [0.25, 0.3) is 6.08 Å². The van der Waals surface area contributed by atoms with Crippen molar-refractivity contribution in [2.75, 3.05) is 7.11 Å². The van der Waals surface area contributed by atoms with E-state index in [-0.39, 0.29) is 5.78 Å². The molecule has 146 valence electrons. The Kier molecular flexibility index (Phi) is 6.13. The molecule has 0 bridgehead atoms. The van der Waals surface area contributed by atoms with Crippen LogP contribution in [0, 0.1) is 0 Å². The van der Waals surface area contributed by atoms with Gasteiger partial charge in [0.15, 0.2) is 11.5 Å². The third kappa shape index (κ3) is 4.44. The first-order chi connectivity index (χ1) is 14.0. The molecule has 6 heteroatoms. The average molecular weight is 532 g/mol. The van der Waals surface area contributed by atoms with Gasteiger partial charge in [-0.1, -0.05) is 67.9 Å².